The summed E-state index contributed by atoms with van der Waals surface area (Å²) in [5, 5.41) is 22.2. The third-order valence-electron chi connectivity index (χ3n) is 4.82. The van der Waals surface area contributed by atoms with Gasteiger partial charge in [-0.2, -0.15) is 0 Å². The molecule has 29 heavy (non-hydrogen) atoms. The minimum Gasteiger partial charge on any atom is -0.508 e. The van der Waals surface area contributed by atoms with Gasteiger partial charge >= 0.3 is 0 Å². The Morgan fingerprint density at radius 1 is 0.931 bits per heavy atom. The number of phenolic OH excluding ortho intramolecular Hbond substituents is 2. The predicted octanol–water partition coefficient (Wildman–Crippen LogP) is 5.80. The minimum atomic E-state index is -0.0314. The Bertz CT molecular complexity index is 743. The van der Waals surface area contributed by atoms with Crippen molar-refractivity contribution in [1.82, 2.24) is 0 Å². The van der Waals surface area contributed by atoms with Gasteiger partial charge in [-0.3, -0.25) is 4.79 Å². The van der Waals surface area contributed by atoms with Crippen molar-refractivity contribution in [3.05, 3.63) is 48.0 Å². The number of amides is 1. The number of ether oxygens (including phenoxy) is 1. The summed E-state index contributed by atoms with van der Waals surface area (Å²) in [4.78, 5) is 11.9. The van der Waals surface area contributed by atoms with Crippen LogP contribution in [0.2, 0.25) is 0 Å². The smallest absolute Gasteiger partial charge is 0.224 e. The Morgan fingerprint density at radius 3 is 2.41 bits per heavy atom. The van der Waals surface area contributed by atoms with Gasteiger partial charge in [0.1, 0.15) is 17.2 Å². The molecule has 0 heterocycles. The van der Waals surface area contributed by atoms with Crippen LogP contribution in [0, 0.1) is 0 Å². The van der Waals surface area contributed by atoms with Crippen LogP contribution < -0.4 is 10.1 Å². The monoisotopic (exact) mass is 399 g/mol. The quantitative estimate of drug-likeness (QED) is 0.294. The number of hydrogen-bond acceptors (Lipinski definition) is 4. The Kier molecular flexibility index (Phi) is 9.90. The van der Waals surface area contributed by atoms with Crippen molar-refractivity contribution < 1.29 is 19.7 Å². The zero-order valence-electron chi connectivity index (χ0n) is 17.3. The highest BCUT2D eigenvalue weighted by Crippen LogP contribution is 2.25. The number of benzene rings is 2. The highest BCUT2D eigenvalue weighted by molar-refractivity contribution is 5.90. The van der Waals surface area contributed by atoms with Crippen LogP contribution in [0.15, 0.2) is 42.5 Å². The molecule has 0 unspecified atom stereocenters. The molecule has 0 bridgehead atoms. The van der Waals surface area contributed by atoms with Crippen LogP contribution in [-0.4, -0.2) is 22.7 Å². The second-order valence-corrected chi connectivity index (χ2v) is 7.36. The number of aromatic hydroxyl groups is 2. The van der Waals surface area contributed by atoms with E-state index >= 15 is 0 Å². The molecule has 0 aromatic heterocycles. The van der Waals surface area contributed by atoms with E-state index < -0.39 is 0 Å². The maximum Gasteiger partial charge on any atom is 0.224 e. The number of carbonyl (C=O) groups is 1. The van der Waals surface area contributed by atoms with E-state index in [4.69, 9.17) is 4.74 Å². The summed E-state index contributed by atoms with van der Waals surface area (Å²) in [7, 11) is 0. The number of aryl methyl sites for hydroxylation is 1. The number of hydrogen-bond donors (Lipinski definition) is 3. The summed E-state index contributed by atoms with van der Waals surface area (Å²) < 4.78 is 5.71. The van der Waals surface area contributed by atoms with Crippen LogP contribution in [0.5, 0.6) is 17.2 Å². The minimum absolute atomic E-state index is 0.0314. The van der Waals surface area contributed by atoms with Crippen LogP contribution in [0.4, 0.5) is 5.69 Å². The standard InChI is InChI=1S/C24H33NO4/c1-2-3-4-6-9-19-11-16-22(18-23(19)27)29-17-8-5-7-10-24(28)25-20-12-14-21(26)15-13-20/h11-16,18,26-27H,2-10,17H2,1H3,(H,25,28). The third-order valence-corrected chi connectivity index (χ3v) is 4.82. The third kappa shape index (κ3) is 8.90. The average Bonchev–Trinajstić information content (AvgIpc) is 2.71. The molecule has 5 nitrogen and oxygen atoms in total. The van der Waals surface area contributed by atoms with Crippen molar-refractivity contribution in [1.29, 1.82) is 0 Å². The average molecular weight is 400 g/mol. The van der Waals surface area contributed by atoms with Crippen LogP contribution in [0.25, 0.3) is 0 Å². The molecule has 2 aromatic carbocycles. The van der Waals surface area contributed by atoms with E-state index in [2.05, 4.69) is 12.2 Å². The molecule has 0 saturated heterocycles. The second-order valence-electron chi connectivity index (χ2n) is 7.36. The molecule has 2 rings (SSSR count). The van der Waals surface area contributed by atoms with Gasteiger partial charge in [0.2, 0.25) is 5.91 Å². The van der Waals surface area contributed by atoms with Crippen molar-refractivity contribution in [2.75, 3.05) is 11.9 Å². The largest absolute Gasteiger partial charge is 0.508 e. The van der Waals surface area contributed by atoms with E-state index in [-0.39, 0.29) is 11.7 Å². The summed E-state index contributed by atoms with van der Waals surface area (Å²) in [6.07, 6.45) is 8.63. The van der Waals surface area contributed by atoms with Crippen LogP contribution in [0.1, 0.15) is 63.9 Å². The molecular weight excluding hydrogens is 366 g/mol. The number of phenols is 2. The molecule has 0 atom stereocenters. The maximum absolute atomic E-state index is 11.9. The fourth-order valence-corrected chi connectivity index (χ4v) is 3.11. The molecule has 1 amide bonds. The number of rotatable bonds is 13. The highest BCUT2D eigenvalue weighted by atomic mass is 16.5. The van der Waals surface area contributed by atoms with Gasteiger partial charge in [0, 0.05) is 18.2 Å². The van der Waals surface area contributed by atoms with E-state index in [0.717, 1.165) is 37.7 Å². The number of nitrogens with one attached hydrogen (secondary N) is 1. The van der Waals surface area contributed by atoms with E-state index in [1.807, 2.05) is 12.1 Å². The lowest BCUT2D eigenvalue weighted by Crippen LogP contribution is -2.11. The molecule has 0 aliphatic heterocycles. The van der Waals surface area contributed by atoms with E-state index in [9.17, 15) is 15.0 Å². The lowest BCUT2D eigenvalue weighted by Gasteiger charge is -2.09. The van der Waals surface area contributed by atoms with Crippen molar-refractivity contribution >= 4 is 11.6 Å². The lowest BCUT2D eigenvalue weighted by atomic mass is 10.1. The van der Waals surface area contributed by atoms with Gasteiger partial charge in [-0.15, -0.1) is 0 Å². The van der Waals surface area contributed by atoms with Crippen molar-refractivity contribution in [2.45, 2.75) is 64.7 Å². The van der Waals surface area contributed by atoms with Crippen LogP contribution in [-0.2, 0) is 11.2 Å². The fraction of sp³-hybridized carbons (Fsp3) is 0.458. The molecule has 0 spiro atoms. The van der Waals surface area contributed by atoms with Gasteiger partial charge in [-0.05, 0) is 68.0 Å². The Morgan fingerprint density at radius 2 is 1.69 bits per heavy atom. The van der Waals surface area contributed by atoms with Gasteiger partial charge in [0.25, 0.3) is 0 Å². The van der Waals surface area contributed by atoms with E-state index in [1.165, 1.54) is 19.3 Å². The van der Waals surface area contributed by atoms with Crippen molar-refractivity contribution in [2.24, 2.45) is 0 Å². The summed E-state index contributed by atoms with van der Waals surface area (Å²) >= 11 is 0. The SMILES string of the molecule is CCCCCCc1ccc(OCCCCCC(=O)Nc2ccc(O)cc2)cc1O. The molecule has 0 fully saturated rings. The molecular formula is C24H33NO4. The Labute approximate surface area is 173 Å². The maximum atomic E-state index is 11.9. The fourth-order valence-electron chi connectivity index (χ4n) is 3.11. The summed E-state index contributed by atoms with van der Waals surface area (Å²) in [6.45, 7) is 2.75. The van der Waals surface area contributed by atoms with E-state index in [1.54, 1.807) is 30.3 Å². The Hall–Kier alpha value is -2.69. The van der Waals surface area contributed by atoms with Crippen molar-refractivity contribution in [3.63, 3.8) is 0 Å². The molecule has 3 N–H and O–H groups in total. The molecule has 0 aliphatic carbocycles. The molecule has 0 saturated carbocycles. The highest BCUT2D eigenvalue weighted by Gasteiger charge is 2.05. The lowest BCUT2D eigenvalue weighted by molar-refractivity contribution is -0.116. The number of carbonyl (C=O) groups excluding carboxylic acids is 1. The molecule has 5 heteroatoms. The first-order chi connectivity index (χ1) is 14.1. The van der Waals surface area contributed by atoms with Gasteiger partial charge in [-0.25, -0.2) is 0 Å². The van der Waals surface area contributed by atoms with Gasteiger partial charge in [0.05, 0.1) is 6.61 Å². The topological polar surface area (TPSA) is 78.8 Å². The van der Waals surface area contributed by atoms with Gasteiger partial charge in [0.15, 0.2) is 0 Å². The van der Waals surface area contributed by atoms with Gasteiger partial charge in [-0.1, -0.05) is 32.3 Å². The second kappa shape index (κ2) is 12.7. The van der Waals surface area contributed by atoms with Crippen LogP contribution in [0.3, 0.4) is 0 Å². The normalized spacial score (nSPS) is 10.7. The number of unbranched alkanes of at least 4 members (excludes halogenated alkanes) is 5. The zero-order chi connectivity index (χ0) is 20.9. The first-order valence-corrected chi connectivity index (χ1v) is 10.6. The first-order valence-electron chi connectivity index (χ1n) is 10.6. The van der Waals surface area contributed by atoms with Crippen LogP contribution >= 0.6 is 0 Å². The van der Waals surface area contributed by atoms with E-state index in [0.29, 0.717) is 30.2 Å². The predicted molar refractivity (Wildman–Crippen MR) is 117 cm³/mol. The molecule has 0 radical (unpaired) electrons. The molecule has 0 aliphatic rings. The zero-order valence-corrected chi connectivity index (χ0v) is 17.3. The van der Waals surface area contributed by atoms with Gasteiger partial charge < -0.3 is 20.3 Å². The first kappa shape index (κ1) is 22.6. The summed E-state index contributed by atoms with van der Waals surface area (Å²) in [5.41, 5.74) is 1.66. The Balaban J connectivity index is 1.58. The summed E-state index contributed by atoms with van der Waals surface area (Å²) in [5.74, 6) is 1.14. The number of anilines is 1. The molecule has 158 valence electrons. The summed E-state index contributed by atoms with van der Waals surface area (Å²) in [6, 6.07) is 12.0. The molecule has 2 aromatic rings. The van der Waals surface area contributed by atoms with Crippen molar-refractivity contribution in [3.8, 4) is 17.2 Å².